The number of fused-ring (bicyclic) bond motifs is 1. The predicted octanol–water partition coefficient (Wildman–Crippen LogP) is 4.00. The molecule has 0 saturated heterocycles. The first kappa shape index (κ1) is 30.4. The Kier molecular flexibility index (Phi) is 9.07. The van der Waals surface area contributed by atoms with Gasteiger partial charge < -0.3 is 29.1 Å². The molecule has 0 aliphatic carbocycles. The molecule has 10 nitrogen and oxygen atoms in total. The van der Waals surface area contributed by atoms with Gasteiger partial charge in [-0.25, -0.2) is 9.18 Å². The number of nitrogens with one attached hydrogen (secondary N) is 1. The number of rotatable bonds is 11. The van der Waals surface area contributed by atoms with E-state index in [2.05, 4.69) is 0 Å². The molecule has 0 atom stereocenters. The lowest BCUT2D eigenvalue weighted by molar-refractivity contribution is -0.139. The van der Waals surface area contributed by atoms with E-state index in [1.807, 2.05) is 20.8 Å². The number of amidine groups is 1. The monoisotopic (exact) mass is 557 g/mol. The van der Waals surface area contributed by atoms with Crippen molar-refractivity contribution in [1.82, 2.24) is 9.80 Å². The zero-order valence-corrected chi connectivity index (χ0v) is 23.9. The normalized spacial score (nSPS) is 12.7. The van der Waals surface area contributed by atoms with Gasteiger partial charge in [-0.1, -0.05) is 20.8 Å². The van der Waals surface area contributed by atoms with Crippen molar-refractivity contribution < 1.29 is 38.1 Å². The van der Waals surface area contributed by atoms with Crippen molar-refractivity contribution >= 4 is 23.5 Å². The quantitative estimate of drug-likeness (QED) is 0.397. The SMILES string of the molecule is CCOc1cc2c(c(F)c1OC)C(=N)N(CC(=O)c1cc(CN(C)C(C)=O)c(OCC(=O)O)c(C(C)(C)C)c1)C2. The zero-order chi connectivity index (χ0) is 29.9. The first-order valence-corrected chi connectivity index (χ1v) is 12.8. The van der Waals surface area contributed by atoms with Crippen LogP contribution < -0.4 is 14.2 Å². The maximum absolute atomic E-state index is 15.3. The molecule has 40 heavy (non-hydrogen) atoms. The summed E-state index contributed by atoms with van der Waals surface area (Å²) in [5, 5.41) is 17.8. The van der Waals surface area contributed by atoms with Gasteiger partial charge >= 0.3 is 5.97 Å². The maximum Gasteiger partial charge on any atom is 0.341 e. The van der Waals surface area contributed by atoms with Gasteiger partial charge in [-0.3, -0.25) is 15.0 Å². The highest BCUT2D eigenvalue weighted by molar-refractivity contribution is 6.06. The fourth-order valence-corrected chi connectivity index (χ4v) is 4.53. The molecule has 0 bridgehead atoms. The van der Waals surface area contributed by atoms with E-state index in [1.165, 1.54) is 23.8 Å². The van der Waals surface area contributed by atoms with E-state index < -0.39 is 23.8 Å². The molecule has 216 valence electrons. The van der Waals surface area contributed by atoms with E-state index in [1.54, 1.807) is 32.2 Å². The number of methoxy groups -OCH3 is 1. The van der Waals surface area contributed by atoms with E-state index in [0.717, 1.165) is 0 Å². The van der Waals surface area contributed by atoms with Crippen molar-refractivity contribution in [2.75, 3.05) is 33.9 Å². The number of Topliss-reactive ketones (excluding diaryl/α,β-unsaturated/α-hetero) is 1. The second kappa shape index (κ2) is 11.9. The highest BCUT2D eigenvalue weighted by Crippen LogP contribution is 2.39. The van der Waals surface area contributed by atoms with Crippen LogP contribution in [-0.2, 0) is 28.1 Å². The smallest absolute Gasteiger partial charge is 0.341 e. The Morgan fingerprint density at radius 1 is 1.15 bits per heavy atom. The lowest BCUT2D eigenvalue weighted by Gasteiger charge is -2.27. The molecule has 2 N–H and O–H groups in total. The molecule has 0 unspecified atom stereocenters. The molecule has 0 aromatic heterocycles. The van der Waals surface area contributed by atoms with Crippen molar-refractivity contribution in [2.45, 2.75) is 53.1 Å². The molecule has 0 saturated carbocycles. The standard InChI is InChI=1S/C29H36FN3O7/c1-8-39-22-11-18-13-33(28(31)24(18)25(30)27(22)38-7)14-21(35)17-9-19(12-32(6)16(2)34)26(40-15-23(36)37)20(10-17)29(3,4)5/h9-11,31H,8,12-15H2,1-7H3,(H,36,37). The van der Waals surface area contributed by atoms with Crippen molar-refractivity contribution in [3.63, 3.8) is 0 Å². The average molecular weight is 558 g/mol. The third-order valence-electron chi connectivity index (χ3n) is 6.60. The van der Waals surface area contributed by atoms with E-state index in [4.69, 9.17) is 19.6 Å². The number of halogens is 1. The summed E-state index contributed by atoms with van der Waals surface area (Å²) < 4.78 is 31.7. The highest BCUT2D eigenvalue weighted by atomic mass is 19.1. The van der Waals surface area contributed by atoms with Crippen LogP contribution in [0.4, 0.5) is 4.39 Å². The second-order valence-corrected chi connectivity index (χ2v) is 10.6. The van der Waals surface area contributed by atoms with Crippen LogP contribution in [0.15, 0.2) is 18.2 Å². The van der Waals surface area contributed by atoms with Crippen molar-refractivity contribution in [1.29, 1.82) is 5.41 Å². The fraction of sp³-hybridized carbons (Fsp3) is 0.448. The Morgan fingerprint density at radius 2 is 1.82 bits per heavy atom. The summed E-state index contributed by atoms with van der Waals surface area (Å²) in [5.41, 5.74) is 1.41. The number of aliphatic carboxylic acids is 1. The summed E-state index contributed by atoms with van der Waals surface area (Å²) in [6, 6.07) is 4.86. The molecule has 0 radical (unpaired) electrons. The summed E-state index contributed by atoms with van der Waals surface area (Å²) >= 11 is 0. The molecule has 0 spiro atoms. The van der Waals surface area contributed by atoms with Crippen LogP contribution in [0.25, 0.3) is 0 Å². The number of hydrogen-bond donors (Lipinski definition) is 2. The Hall–Kier alpha value is -4.15. The molecule has 2 aromatic rings. The van der Waals surface area contributed by atoms with Gasteiger partial charge in [0.25, 0.3) is 0 Å². The molecule has 1 heterocycles. The number of benzene rings is 2. The van der Waals surface area contributed by atoms with Gasteiger partial charge in [0.1, 0.15) is 11.6 Å². The van der Waals surface area contributed by atoms with Gasteiger partial charge in [0.15, 0.2) is 29.7 Å². The first-order valence-electron chi connectivity index (χ1n) is 12.8. The fourth-order valence-electron chi connectivity index (χ4n) is 4.53. The second-order valence-electron chi connectivity index (χ2n) is 10.6. The zero-order valence-electron chi connectivity index (χ0n) is 23.9. The molecule has 1 aliphatic rings. The third-order valence-corrected chi connectivity index (χ3v) is 6.60. The molecule has 2 aromatic carbocycles. The highest BCUT2D eigenvalue weighted by Gasteiger charge is 2.33. The van der Waals surface area contributed by atoms with Gasteiger partial charge in [0.05, 0.1) is 25.8 Å². The summed E-state index contributed by atoms with van der Waals surface area (Å²) in [6.07, 6.45) is 0. The third kappa shape index (κ3) is 6.35. The summed E-state index contributed by atoms with van der Waals surface area (Å²) in [6.45, 7) is 8.61. The number of carboxylic acids is 1. The minimum Gasteiger partial charge on any atom is -0.490 e. The van der Waals surface area contributed by atoms with Crippen LogP contribution in [0.5, 0.6) is 17.2 Å². The van der Waals surface area contributed by atoms with E-state index in [0.29, 0.717) is 34.6 Å². The number of ketones is 1. The molecule has 11 heteroatoms. The summed E-state index contributed by atoms with van der Waals surface area (Å²) in [5.74, 6) is -2.13. The molecular formula is C29H36FN3O7. The van der Waals surface area contributed by atoms with Crippen LogP contribution in [-0.4, -0.2) is 72.3 Å². The van der Waals surface area contributed by atoms with E-state index in [-0.39, 0.29) is 54.2 Å². The predicted molar refractivity (Wildman–Crippen MR) is 146 cm³/mol. The number of carbonyl (C=O) groups is 3. The first-order chi connectivity index (χ1) is 18.7. The number of amides is 1. The van der Waals surface area contributed by atoms with Gasteiger partial charge in [-0.05, 0) is 36.1 Å². The van der Waals surface area contributed by atoms with Crippen molar-refractivity contribution in [3.8, 4) is 17.2 Å². The van der Waals surface area contributed by atoms with Gasteiger partial charge in [-0.15, -0.1) is 0 Å². The largest absolute Gasteiger partial charge is 0.490 e. The van der Waals surface area contributed by atoms with Crippen molar-refractivity contribution in [2.24, 2.45) is 0 Å². The lowest BCUT2D eigenvalue weighted by atomic mass is 9.83. The van der Waals surface area contributed by atoms with Crippen molar-refractivity contribution in [3.05, 3.63) is 51.8 Å². The minimum absolute atomic E-state index is 0.0599. The van der Waals surface area contributed by atoms with Gasteiger partial charge in [-0.2, -0.15) is 0 Å². The number of nitrogens with zero attached hydrogens (tertiary/aromatic N) is 2. The van der Waals surface area contributed by atoms with Crippen LogP contribution in [0.3, 0.4) is 0 Å². The molecule has 1 aliphatic heterocycles. The average Bonchev–Trinajstić information content (AvgIpc) is 3.17. The number of carboxylic acid groups (broad SMARTS) is 1. The Balaban J connectivity index is 2.01. The number of ether oxygens (including phenoxy) is 3. The Morgan fingerprint density at radius 3 is 2.38 bits per heavy atom. The topological polar surface area (TPSA) is 129 Å². The van der Waals surface area contributed by atoms with Crippen LogP contribution in [0, 0.1) is 11.2 Å². The number of carbonyl (C=O) groups excluding carboxylic acids is 2. The van der Waals surface area contributed by atoms with Crippen LogP contribution in [0.1, 0.15) is 67.2 Å². The summed E-state index contributed by atoms with van der Waals surface area (Å²) in [7, 11) is 2.92. The van der Waals surface area contributed by atoms with E-state index >= 15 is 4.39 Å². The molecule has 0 fully saturated rings. The van der Waals surface area contributed by atoms with Gasteiger partial charge in [0, 0.05) is 43.8 Å². The van der Waals surface area contributed by atoms with E-state index in [9.17, 15) is 19.5 Å². The Labute approximate surface area is 233 Å². The maximum atomic E-state index is 15.3. The molecule has 3 rings (SSSR count). The molecule has 1 amide bonds. The van der Waals surface area contributed by atoms with Gasteiger partial charge in [0.2, 0.25) is 5.91 Å². The molecular weight excluding hydrogens is 521 g/mol. The Bertz CT molecular complexity index is 1350. The van der Waals surface area contributed by atoms with Crippen LogP contribution in [0.2, 0.25) is 0 Å². The summed E-state index contributed by atoms with van der Waals surface area (Å²) in [4.78, 5) is 39.8. The van der Waals surface area contributed by atoms with Crippen LogP contribution >= 0.6 is 0 Å². The lowest BCUT2D eigenvalue weighted by Crippen LogP contribution is -2.31. The minimum atomic E-state index is -1.16. The number of hydrogen-bond acceptors (Lipinski definition) is 7.